The highest BCUT2D eigenvalue weighted by Gasteiger charge is 2.63. The second-order valence-electron chi connectivity index (χ2n) is 4.75. The summed E-state index contributed by atoms with van der Waals surface area (Å²) in [5, 5.41) is 0. The quantitative estimate of drug-likeness (QED) is 0.673. The minimum absolute atomic E-state index is 0.144. The molecule has 0 bridgehead atoms. The van der Waals surface area contributed by atoms with Crippen LogP contribution in [0.1, 0.15) is 12.8 Å². The second kappa shape index (κ2) is 3.63. The van der Waals surface area contributed by atoms with Gasteiger partial charge in [0.2, 0.25) is 0 Å². The molecule has 0 amide bonds. The van der Waals surface area contributed by atoms with Crippen molar-refractivity contribution in [2.45, 2.75) is 19.0 Å². The molecule has 0 radical (unpaired) electrons. The first kappa shape index (κ1) is 11.2. The molecule has 0 aliphatic carbocycles. The first-order valence-electron chi connectivity index (χ1n) is 5.29. The molecule has 15 heavy (non-hydrogen) atoms. The Kier molecular flexibility index (Phi) is 2.71. The maximum atomic E-state index is 13.0. The fourth-order valence-electron chi connectivity index (χ4n) is 2.57. The molecule has 1 unspecified atom stereocenters. The van der Waals surface area contributed by atoms with Crippen molar-refractivity contribution in [3.05, 3.63) is 0 Å². The fourth-order valence-corrected chi connectivity index (χ4v) is 2.57. The number of likely N-dealkylation sites (tertiary alicyclic amines) is 1. The molecule has 0 spiro atoms. The first-order valence-corrected chi connectivity index (χ1v) is 5.29. The number of rotatable bonds is 1. The SMILES string of the molecule is CN1CCCC(C2(C(F)(F)F)COC2)C1. The van der Waals surface area contributed by atoms with E-state index in [0.717, 1.165) is 13.0 Å². The van der Waals surface area contributed by atoms with Gasteiger partial charge in [-0.05, 0) is 32.4 Å². The van der Waals surface area contributed by atoms with Gasteiger partial charge in [-0.15, -0.1) is 0 Å². The molecule has 0 aromatic heterocycles. The average molecular weight is 223 g/mol. The lowest BCUT2D eigenvalue weighted by atomic mass is 9.69. The maximum Gasteiger partial charge on any atom is 0.399 e. The molecule has 5 heteroatoms. The predicted octanol–water partition coefficient (Wildman–Crippen LogP) is 1.91. The van der Waals surface area contributed by atoms with Gasteiger partial charge in [-0.2, -0.15) is 13.2 Å². The molecule has 0 aromatic carbocycles. The van der Waals surface area contributed by atoms with Crippen molar-refractivity contribution in [2.75, 3.05) is 33.4 Å². The van der Waals surface area contributed by atoms with E-state index in [1.807, 2.05) is 11.9 Å². The molecular weight excluding hydrogens is 207 g/mol. The summed E-state index contributed by atoms with van der Waals surface area (Å²) in [6, 6.07) is 0. The summed E-state index contributed by atoms with van der Waals surface area (Å²) in [5.41, 5.74) is -1.55. The third-order valence-corrected chi connectivity index (χ3v) is 3.69. The highest BCUT2D eigenvalue weighted by Crippen LogP contribution is 2.51. The van der Waals surface area contributed by atoms with Crippen molar-refractivity contribution in [3.63, 3.8) is 0 Å². The standard InChI is InChI=1S/C10H16F3NO/c1-14-4-2-3-8(5-14)9(6-15-7-9)10(11,12)13/h8H,2-7H2,1H3. The lowest BCUT2D eigenvalue weighted by Gasteiger charge is -2.50. The van der Waals surface area contributed by atoms with Crippen LogP contribution in [-0.4, -0.2) is 44.4 Å². The zero-order valence-corrected chi connectivity index (χ0v) is 8.81. The molecule has 2 heterocycles. The molecule has 2 aliphatic heterocycles. The van der Waals surface area contributed by atoms with Crippen LogP contribution in [0.2, 0.25) is 0 Å². The number of piperidine rings is 1. The van der Waals surface area contributed by atoms with Crippen molar-refractivity contribution >= 4 is 0 Å². The summed E-state index contributed by atoms with van der Waals surface area (Å²) in [5.74, 6) is -0.287. The number of halogens is 3. The van der Waals surface area contributed by atoms with Crippen LogP contribution in [0.5, 0.6) is 0 Å². The Bertz CT molecular complexity index is 237. The van der Waals surface area contributed by atoms with E-state index in [9.17, 15) is 13.2 Å². The van der Waals surface area contributed by atoms with E-state index in [1.54, 1.807) is 0 Å². The van der Waals surface area contributed by atoms with E-state index in [0.29, 0.717) is 13.0 Å². The maximum absolute atomic E-state index is 13.0. The van der Waals surface area contributed by atoms with Gasteiger partial charge in [0, 0.05) is 6.54 Å². The lowest BCUT2D eigenvalue weighted by molar-refractivity contribution is -0.326. The van der Waals surface area contributed by atoms with Gasteiger partial charge >= 0.3 is 6.18 Å². The third-order valence-electron chi connectivity index (χ3n) is 3.69. The number of ether oxygens (including phenoxy) is 1. The summed E-state index contributed by atoms with van der Waals surface area (Å²) < 4.78 is 43.7. The highest BCUT2D eigenvalue weighted by atomic mass is 19.4. The summed E-state index contributed by atoms with van der Waals surface area (Å²) >= 11 is 0. The van der Waals surface area contributed by atoms with Crippen LogP contribution in [0.3, 0.4) is 0 Å². The fraction of sp³-hybridized carbons (Fsp3) is 1.00. The topological polar surface area (TPSA) is 12.5 Å². The zero-order valence-electron chi connectivity index (χ0n) is 8.81. The van der Waals surface area contributed by atoms with Crippen LogP contribution in [0.4, 0.5) is 13.2 Å². The Morgan fingerprint density at radius 2 is 2.00 bits per heavy atom. The largest absolute Gasteiger partial charge is 0.399 e. The normalized spacial score (nSPS) is 32.4. The molecule has 2 nitrogen and oxygen atoms in total. The minimum atomic E-state index is -4.12. The molecule has 0 N–H and O–H groups in total. The van der Waals surface area contributed by atoms with Crippen LogP contribution < -0.4 is 0 Å². The van der Waals surface area contributed by atoms with Crippen molar-refractivity contribution in [3.8, 4) is 0 Å². The molecule has 0 saturated carbocycles. The van der Waals surface area contributed by atoms with E-state index in [4.69, 9.17) is 4.74 Å². The summed E-state index contributed by atoms with van der Waals surface area (Å²) in [6.45, 7) is 1.16. The van der Waals surface area contributed by atoms with E-state index in [1.165, 1.54) is 0 Å². The molecule has 88 valence electrons. The number of hydrogen-bond acceptors (Lipinski definition) is 2. The van der Waals surface area contributed by atoms with Gasteiger partial charge in [0.15, 0.2) is 0 Å². The van der Waals surface area contributed by atoms with Gasteiger partial charge in [-0.3, -0.25) is 0 Å². The zero-order chi connectivity index (χ0) is 11.1. The van der Waals surface area contributed by atoms with Gasteiger partial charge < -0.3 is 9.64 Å². The van der Waals surface area contributed by atoms with Gasteiger partial charge in [-0.1, -0.05) is 0 Å². The summed E-state index contributed by atoms with van der Waals surface area (Å²) in [6.07, 6.45) is -2.58. The summed E-state index contributed by atoms with van der Waals surface area (Å²) in [7, 11) is 1.88. The molecule has 0 aromatic rings. The first-order chi connectivity index (χ1) is 6.96. The van der Waals surface area contributed by atoms with Gasteiger partial charge in [0.25, 0.3) is 0 Å². The smallest absolute Gasteiger partial charge is 0.379 e. The van der Waals surface area contributed by atoms with Crippen LogP contribution in [0.25, 0.3) is 0 Å². The lowest BCUT2D eigenvalue weighted by Crippen LogP contribution is -2.61. The molecule has 2 fully saturated rings. The Balaban J connectivity index is 2.12. The van der Waals surface area contributed by atoms with Crippen molar-refractivity contribution < 1.29 is 17.9 Å². The minimum Gasteiger partial charge on any atom is -0.379 e. The molecule has 2 saturated heterocycles. The van der Waals surface area contributed by atoms with Gasteiger partial charge in [-0.25, -0.2) is 0 Å². The average Bonchev–Trinajstić information content (AvgIpc) is 1.98. The van der Waals surface area contributed by atoms with E-state index in [-0.39, 0.29) is 19.1 Å². The number of alkyl halides is 3. The predicted molar refractivity (Wildman–Crippen MR) is 49.5 cm³/mol. The Morgan fingerprint density at radius 3 is 2.40 bits per heavy atom. The number of nitrogens with zero attached hydrogens (tertiary/aromatic N) is 1. The van der Waals surface area contributed by atoms with E-state index >= 15 is 0 Å². The molecule has 2 aliphatic rings. The van der Waals surface area contributed by atoms with Crippen LogP contribution >= 0.6 is 0 Å². The van der Waals surface area contributed by atoms with E-state index in [2.05, 4.69) is 0 Å². The second-order valence-corrected chi connectivity index (χ2v) is 4.75. The monoisotopic (exact) mass is 223 g/mol. The van der Waals surface area contributed by atoms with Crippen LogP contribution in [0, 0.1) is 11.3 Å². The Morgan fingerprint density at radius 1 is 1.33 bits per heavy atom. The van der Waals surface area contributed by atoms with Gasteiger partial charge in [0.05, 0.1) is 13.2 Å². The van der Waals surface area contributed by atoms with Gasteiger partial charge in [0.1, 0.15) is 5.41 Å². The molecule has 1 atom stereocenters. The molecular formula is C10H16F3NO. The van der Waals surface area contributed by atoms with Crippen molar-refractivity contribution in [1.29, 1.82) is 0 Å². The van der Waals surface area contributed by atoms with Crippen molar-refractivity contribution in [1.82, 2.24) is 4.90 Å². The van der Waals surface area contributed by atoms with Crippen LogP contribution in [-0.2, 0) is 4.74 Å². The molecule has 2 rings (SSSR count). The van der Waals surface area contributed by atoms with Crippen molar-refractivity contribution in [2.24, 2.45) is 11.3 Å². The Hall–Kier alpha value is -0.290. The van der Waals surface area contributed by atoms with Crippen LogP contribution in [0.15, 0.2) is 0 Å². The highest BCUT2D eigenvalue weighted by molar-refractivity contribution is 4.99. The third kappa shape index (κ3) is 1.76. The number of hydrogen-bond donors (Lipinski definition) is 0. The Labute approximate surface area is 87.4 Å². The van der Waals surface area contributed by atoms with E-state index < -0.39 is 11.6 Å². The summed E-state index contributed by atoms with van der Waals surface area (Å²) in [4.78, 5) is 1.99.